The van der Waals surface area contributed by atoms with Crippen molar-refractivity contribution in [2.45, 2.75) is 19.3 Å². The second-order valence-corrected chi connectivity index (χ2v) is 5.15. The number of anilines is 1. The molecule has 1 heterocycles. The molecule has 0 radical (unpaired) electrons. The quantitative estimate of drug-likeness (QED) is 0.929. The molecule has 0 saturated heterocycles. The molecule has 19 heavy (non-hydrogen) atoms. The van der Waals surface area contributed by atoms with Crippen molar-refractivity contribution in [3.63, 3.8) is 0 Å². The Kier molecular flexibility index (Phi) is 3.53. The van der Waals surface area contributed by atoms with E-state index < -0.39 is 5.41 Å². The van der Waals surface area contributed by atoms with Crippen LogP contribution in [0, 0.1) is 0 Å². The van der Waals surface area contributed by atoms with E-state index in [0.29, 0.717) is 5.02 Å². The summed E-state index contributed by atoms with van der Waals surface area (Å²) in [6.45, 7) is 3.66. The summed E-state index contributed by atoms with van der Waals surface area (Å²) < 4.78 is 0. The number of rotatable bonds is 3. The Morgan fingerprint density at radius 1 is 1.42 bits per heavy atom. The van der Waals surface area contributed by atoms with Crippen molar-refractivity contribution >= 4 is 23.5 Å². The summed E-state index contributed by atoms with van der Waals surface area (Å²) in [5.41, 5.74) is 0.0978. The van der Waals surface area contributed by atoms with Crippen LogP contribution in [0.4, 0.5) is 5.95 Å². The number of amides is 1. The van der Waals surface area contributed by atoms with E-state index in [1.165, 1.54) is 4.90 Å². The molecule has 0 spiro atoms. The molecule has 0 bridgehead atoms. The first-order chi connectivity index (χ1) is 8.93. The summed E-state index contributed by atoms with van der Waals surface area (Å²) in [5.74, 6) is 0.0938. The van der Waals surface area contributed by atoms with Crippen LogP contribution in [0.1, 0.15) is 19.4 Å². The molecule has 0 fully saturated rings. The molecule has 7 heteroatoms. The Morgan fingerprint density at radius 3 is 2.74 bits per heavy atom. The zero-order valence-electron chi connectivity index (χ0n) is 10.9. The topological polar surface area (TPSA) is 74.8 Å². The number of halogens is 1. The van der Waals surface area contributed by atoms with Gasteiger partial charge in [-0.3, -0.25) is 9.69 Å². The summed E-state index contributed by atoms with van der Waals surface area (Å²) in [6.07, 6.45) is 0. The van der Waals surface area contributed by atoms with Gasteiger partial charge >= 0.3 is 0 Å². The van der Waals surface area contributed by atoms with E-state index in [1.807, 2.05) is 26.0 Å². The molecule has 0 atom stereocenters. The van der Waals surface area contributed by atoms with E-state index >= 15 is 0 Å². The normalized spacial score (nSPS) is 11.4. The minimum Gasteiger partial charge on any atom is -0.280 e. The number of benzene rings is 1. The highest BCUT2D eigenvalue weighted by atomic mass is 35.5. The fourth-order valence-electron chi connectivity index (χ4n) is 1.81. The van der Waals surface area contributed by atoms with E-state index in [-0.39, 0.29) is 11.9 Å². The molecule has 1 amide bonds. The lowest BCUT2D eigenvalue weighted by Crippen LogP contribution is -2.42. The number of tetrazole rings is 1. The molecule has 0 saturated carbocycles. The highest BCUT2D eigenvalue weighted by Crippen LogP contribution is 2.28. The van der Waals surface area contributed by atoms with Crippen LogP contribution in [0.25, 0.3) is 0 Å². The van der Waals surface area contributed by atoms with E-state index in [9.17, 15) is 4.79 Å². The summed E-state index contributed by atoms with van der Waals surface area (Å²) in [5, 5.41) is 13.9. The third-order valence-electron chi connectivity index (χ3n) is 3.02. The number of hydrogen-bond acceptors (Lipinski definition) is 4. The average Bonchev–Trinajstić information content (AvgIpc) is 2.90. The molecule has 1 aromatic carbocycles. The number of carbonyl (C=O) groups is 1. The van der Waals surface area contributed by atoms with Gasteiger partial charge in [-0.05, 0) is 36.8 Å². The van der Waals surface area contributed by atoms with Crippen LogP contribution < -0.4 is 4.90 Å². The molecule has 0 aliphatic carbocycles. The number of nitrogens with zero attached hydrogens (tertiary/aromatic N) is 4. The highest BCUT2D eigenvalue weighted by Gasteiger charge is 2.34. The van der Waals surface area contributed by atoms with Crippen molar-refractivity contribution < 1.29 is 4.79 Å². The largest absolute Gasteiger partial charge is 0.280 e. The molecule has 0 aliphatic heterocycles. The third kappa shape index (κ3) is 2.58. The van der Waals surface area contributed by atoms with Gasteiger partial charge in [0.1, 0.15) is 0 Å². The number of nitrogens with one attached hydrogen (secondary N) is 1. The Balaban J connectivity index is 2.31. The van der Waals surface area contributed by atoms with Gasteiger partial charge in [-0.15, -0.1) is 5.10 Å². The second-order valence-electron chi connectivity index (χ2n) is 4.71. The fraction of sp³-hybridized carbons (Fsp3) is 0.333. The first kappa shape index (κ1) is 13.5. The number of carbonyl (C=O) groups excluding carboxylic acids is 1. The lowest BCUT2D eigenvalue weighted by molar-refractivity contribution is -0.122. The average molecular weight is 280 g/mol. The maximum atomic E-state index is 12.5. The first-order valence-corrected chi connectivity index (χ1v) is 6.08. The monoisotopic (exact) mass is 279 g/mol. The van der Waals surface area contributed by atoms with Gasteiger partial charge in [0, 0.05) is 12.1 Å². The van der Waals surface area contributed by atoms with Crippen molar-refractivity contribution in [1.29, 1.82) is 0 Å². The van der Waals surface area contributed by atoms with Crippen molar-refractivity contribution in [1.82, 2.24) is 20.6 Å². The van der Waals surface area contributed by atoms with Gasteiger partial charge < -0.3 is 0 Å². The van der Waals surface area contributed by atoms with Crippen LogP contribution in [0.15, 0.2) is 24.3 Å². The van der Waals surface area contributed by atoms with Gasteiger partial charge in [0.2, 0.25) is 5.91 Å². The van der Waals surface area contributed by atoms with Gasteiger partial charge in [-0.25, -0.2) is 0 Å². The molecule has 2 rings (SSSR count). The molecule has 0 unspecified atom stereocenters. The van der Waals surface area contributed by atoms with Gasteiger partial charge in [0.05, 0.1) is 5.41 Å². The van der Waals surface area contributed by atoms with Gasteiger partial charge in [0.15, 0.2) is 0 Å². The molecule has 2 aromatic rings. The van der Waals surface area contributed by atoms with E-state index in [2.05, 4.69) is 20.6 Å². The Hall–Kier alpha value is -1.95. The smallest absolute Gasteiger partial charge is 0.272 e. The predicted octanol–water partition coefficient (Wildman–Crippen LogP) is 1.79. The van der Waals surface area contributed by atoms with Crippen molar-refractivity contribution in [3.05, 3.63) is 34.9 Å². The molecular formula is C12H14ClN5O. The Labute approximate surface area is 115 Å². The van der Waals surface area contributed by atoms with Crippen LogP contribution >= 0.6 is 11.6 Å². The Bertz CT molecular complexity index is 582. The van der Waals surface area contributed by atoms with Crippen LogP contribution in [-0.4, -0.2) is 33.6 Å². The van der Waals surface area contributed by atoms with Crippen LogP contribution in [0.3, 0.4) is 0 Å². The second kappa shape index (κ2) is 4.97. The van der Waals surface area contributed by atoms with Crippen LogP contribution in [0.2, 0.25) is 5.02 Å². The standard InChI is InChI=1S/C12H14ClN5O/c1-12(2,8-5-4-6-9(13)7-8)10(19)18(3)11-14-16-17-15-11/h4-7H,1-3H3,(H,14,15,16,17). The van der Waals surface area contributed by atoms with E-state index in [1.54, 1.807) is 19.2 Å². The SMILES string of the molecule is CN(C(=O)C(C)(C)c1cccc(Cl)c1)c1nn[nH]n1. The van der Waals surface area contributed by atoms with E-state index in [0.717, 1.165) is 5.56 Å². The maximum Gasteiger partial charge on any atom is 0.272 e. The number of aromatic amines is 1. The fourth-order valence-corrected chi connectivity index (χ4v) is 2.00. The summed E-state index contributed by atoms with van der Waals surface area (Å²) in [7, 11) is 1.61. The van der Waals surface area contributed by atoms with E-state index in [4.69, 9.17) is 11.6 Å². The molecule has 0 aliphatic rings. The van der Waals surface area contributed by atoms with Crippen LogP contribution in [-0.2, 0) is 10.2 Å². The molecular weight excluding hydrogens is 266 g/mol. The first-order valence-electron chi connectivity index (χ1n) is 5.70. The lowest BCUT2D eigenvalue weighted by Gasteiger charge is -2.27. The summed E-state index contributed by atoms with van der Waals surface area (Å²) in [6, 6.07) is 7.24. The molecule has 1 aromatic heterocycles. The summed E-state index contributed by atoms with van der Waals surface area (Å²) >= 11 is 5.97. The third-order valence-corrected chi connectivity index (χ3v) is 3.25. The molecule has 6 nitrogen and oxygen atoms in total. The molecule has 100 valence electrons. The van der Waals surface area contributed by atoms with Gasteiger partial charge in [-0.1, -0.05) is 28.8 Å². The van der Waals surface area contributed by atoms with Crippen molar-refractivity contribution in [2.24, 2.45) is 0 Å². The minimum atomic E-state index is -0.736. The zero-order valence-corrected chi connectivity index (χ0v) is 11.6. The number of likely N-dealkylation sites (N-methyl/N-ethyl adjacent to an activating group) is 1. The number of hydrogen-bond donors (Lipinski definition) is 1. The predicted molar refractivity (Wildman–Crippen MR) is 72.1 cm³/mol. The van der Waals surface area contributed by atoms with Gasteiger partial charge in [0.25, 0.3) is 5.95 Å². The minimum absolute atomic E-state index is 0.142. The van der Waals surface area contributed by atoms with Gasteiger partial charge in [-0.2, -0.15) is 5.21 Å². The lowest BCUT2D eigenvalue weighted by atomic mass is 9.83. The van der Waals surface area contributed by atoms with Crippen molar-refractivity contribution in [2.75, 3.05) is 11.9 Å². The van der Waals surface area contributed by atoms with Crippen molar-refractivity contribution in [3.8, 4) is 0 Å². The highest BCUT2D eigenvalue weighted by molar-refractivity contribution is 6.30. The maximum absolute atomic E-state index is 12.5. The van der Waals surface area contributed by atoms with Crippen LogP contribution in [0.5, 0.6) is 0 Å². The number of H-pyrrole nitrogens is 1. The molecule has 1 N–H and O–H groups in total. The number of aromatic nitrogens is 4. The Morgan fingerprint density at radius 2 is 2.16 bits per heavy atom. The summed E-state index contributed by atoms with van der Waals surface area (Å²) in [4.78, 5) is 13.9. The zero-order chi connectivity index (χ0) is 14.0.